The summed E-state index contributed by atoms with van der Waals surface area (Å²) in [6.45, 7) is 2.17. The number of hydrogen-bond acceptors (Lipinski definition) is 2. The molecule has 4 nitrogen and oxygen atoms in total. The van der Waals surface area contributed by atoms with Crippen molar-refractivity contribution in [2.24, 2.45) is 0 Å². The van der Waals surface area contributed by atoms with E-state index in [0.29, 0.717) is 0 Å². The van der Waals surface area contributed by atoms with Gasteiger partial charge in [0.25, 0.3) is 0 Å². The van der Waals surface area contributed by atoms with E-state index in [2.05, 4.69) is 11.4 Å². The van der Waals surface area contributed by atoms with E-state index in [1.807, 2.05) is 12.1 Å². The molecule has 0 unspecified atom stereocenters. The summed E-state index contributed by atoms with van der Waals surface area (Å²) in [5.41, 5.74) is 1.17. The van der Waals surface area contributed by atoms with E-state index >= 15 is 0 Å². The molecule has 1 radical (unpaired) electrons. The second kappa shape index (κ2) is 9.30. The zero-order valence-corrected chi connectivity index (χ0v) is 15.1. The molecule has 0 atom stereocenters. The van der Waals surface area contributed by atoms with Gasteiger partial charge in [-0.25, -0.2) is 4.57 Å². The SMILES string of the molecule is CCCCCCc1ccc(OP(=O)(O)O)cc1.[La]. The Kier molecular flexibility index (Phi) is 9.49. The van der Waals surface area contributed by atoms with Crippen molar-refractivity contribution in [3.63, 3.8) is 0 Å². The molecule has 1 aromatic carbocycles. The quantitative estimate of drug-likeness (QED) is 0.548. The van der Waals surface area contributed by atoms with Gasteiger partial charge in [-0.1, -0.05) is 38.3 Å². The summed E-state index contributed by atoms with van der Waals surface area (Å²) >= 11 is 0. The topological polar surface area (TPSA) is 66.8 Å². The smallest absolute Gasteiger partial charge is 0.404 e. The van der Waals surface area contributed by atoms with Crippen LogP contribution in [-0.4, -0.2) is 9.79 Å². The first-order chi connectivity index (χ1) is 8.01. The van der Waals surface area contributed by atoms with Crippen molar-refractivity contribution >= 4 is 7.82 Å². The summed E-state index contributed by atoms with van der Waals surface area (Å²) in [4.78, 5) is 17.3. The normalized spacial score (nSPS) is 10.8. The monoisotopic (exact) mass is 397 g/mol. The molecule has 0 spiro atoms. The van der Waals surface area contributed by atoms with Gasteiger partial charge in [-0.2, -0.15) is 0 Å². The van der Waals surface area contributed by atoms with Crippen LogP contribution in [0, 0.1) is 35.6 Å². The molecule has 6 heteroatoms. The standard InChI is InChI=1S/C12H19O4P.La/c1-2-3-4-5-6-11-7-9-12(10-8-11)16-17(13,14)15;/h7-10H,2-6H2,1H3,(H2,13,14,15);. The average molecular weight is 397 g/mol. The molecule has 0 fully saturated rings. The summed E-state index contributed by atoms with van der Waals surface area (Å²) in [6, 6.07) is 6.87. The van der Waals surface area contributed by atoms with Crippen LogP contribution in [-0.2, 0) is 11.0 Å². The second-order valence-electron chi connectivity index (χ2n) is 4.04. The van der Waals surface area contributed by atoms with Crippen LogP contribution in [0.2, 0.25) is 0 Å². The predicted octanol–water partition coefficient (Wildman–Crippen LogP) is 3.28. The van der Waals surface area contributed by atoms with Gasteiger partial charge in [-0.15, -0.1) is 0 Å². The fourth-order valence-corrected chi connectivity index (χ4v) is 2.01. The van der Waals surface area contributed by atoms with Crippen LogP contribution in [0.4, 0.5) is 0 Å². The molecule has 1 aromatic rings. The number of aryl methyl sites for hydroxylation is 1. The summed E-state index contributed by atoms with van der Waals surface area (Å²) < 4.78 is 15.1. The molecular formula is C12H19LaO4P. The first-order valence-corrected chi connectivity index (χ1v) is 7.38. The first-order valence-electron chi connectivity index (χ1n) is 5.85. The second-order valence-corrected chi connectivity index (χ2v) is 5.20. The Balaban J connectivity index is 0.00000289. The molecule has 99 valence electrons. The third-order valence-corrected chi connectivity index (χ3v) is 2.92. The molecule has 1 rings (SSSR count). The van der Waals surface area contributed by atoms with Crippen molar-refractivity contribution in [1.29, 1.82) is 0 Å². The third-order valence-electron chi connectivity index (χ3n) is 2.47. The van der Waals surface area contributed by atoms with E-state index in [9.17, 15) is 4.57 Å². The molecular weight excluding hydrogens is 378 g/mol. The molecule has 18 heavy (non-hydrogen) atoms. The molecule has 0 saturated carbocycles. The van der Waals surface area contributed by atoms with E-state index in [0.717, 1.165) is 12.8 Å². The van der Waals surface area contributed by atoms with Gasteiger partial charge in [0.15, 0.2) is 0 Å². The predicted molar refractivity (Wildman–Crippen MR) is 67.0 cm³/mol. The van der Waals surface area contributed by atoms with E-state index in [1.54, 1.807) is 12.1 Å². The Bertz CT molecular complexity index is 374. The number of benzene rings is 1. The van der Waals surface area contributed by atoms with Gasteiger partial charge in [0, 0.05) is 35.6 Å². The Morgan fingerprint density at radius 3 is 2.22 bits per heavy atom. The van der Waals surface area contributed by atoms with Crippen molar-refractivity contribution < 1.29 is 54.5 Å². The van der Waals surface area contributed by atoms with Crippen LogP contribution in [0.3, 0.4) is 0 Å². The summed E-state index contributed by atoms with van der Waals surface area (Å²) in [7, 11) is -4.43. The fourth-order valence-electron chi connectivity index (χ4n) is 1.61. The van der Waals surface area contributed by atoms with Gasteiger partial charge in [0.1, 0.15) is 5.75 Å². The summed E-state index contributed by atoms with van der Waals surface area (Å²) in [5, 5.41) is 0. The summed E-state index contributed by atoms with van der Waals surface area (Å²) in [5.74, 6) is 0.204. The van der Waals surface area contributed by atoms with Crippen molar-refractivity contribution in [2.45, 2.75) is 39.0 Å². The van der Waals surface area contributed by atoms with Crippen molar-refractivity contribution in [2.75, 3.05) is 0 Å². The zero-order valence-electron chi connectivity index (χ0n) is 10.6. The minimum absolute atomic E-state index is 0. The van der Waals surface area contributed by atoms with Crippen LogP contribution in [0.1, 0.15) is 38.2 Å². The van der Waals surface area contributed by atoms with Gasteiger partial charge in [0.2, 0.25) is 0 Å². The van der Waals surface area contributed by atoms with Crippen LogP contribution in [0.25, 0.3) is 0 Å². The molecule has 2 N–H and O–H groups in total. The third kappa shape index (κ3) is 8.46. The van der Waals surface area contributed by atoms with Crippen LogP contribution in [0.5, 0.6) is 5.75 Å². The molecule has 0 aromatic heterocycles. The Morgan fingerprint density at radius 2 is 1.72 bits per heavy atom. The molecule has 0 saturated heterocycles. The Labute approximate surface area is 136 Å². The van der Waals surface area contributed by atoms with Crippen molar-refractivity contribution in [3.8, 4) is 5.75 Å². The summed E-state index contributed by atoms with van der Waals surface area (Å²) in [6.07, 6.45) is 5.83. The number of phosphoric acid groups is 1. The zero-order chi connectivity index (χ0) is 12.7. The van der Waals surface area contributed by atoms with E-state index in [1.165, 1.54) is 24.8 Å². The average Bonchev–Trinajstić information content (AvgIpc) is 2.25. The molecule has 0 aliphatic rings. The van der Waals surface area contributed by atoms with Gasteiger partial charge in [-0.3, -0.25) is 9.79 Å². The first kappa shape index (κ1) is 18.4. The molecule has 0 amide bonds. The maximum atomic E-state index is 10.6. The van der Waals surface area contributed by atoms with Crippen LogP contribution in [0.15, 0.2) is 24.3 Å². The van der Waals surface area contributed by atoms with Gasteiger partial charge in [-0.05, 0) is 30.5 Å². The largest absolute Gasteiger partial charge is 0.524 e. The number of phosphoric ester groups is 1. The molecule has 0 aliphatic heterocycles. The Hall–Kier alpha value is 0.365. The van der Waals surface area contributed by atoms with Gasteiger partial charge >= 0.3 is 7.82 Å². The molecule has 0 aliphatic carbocycles. The van der Waals surface area contributed by atoms with E-state index in [4.69, 9.17) is 9.79 Å². The number of unbranched alkanes of at least 4 members (excludes halogenated alkanes) is 3. The number of hydrogen-bond donors (Lipinski definition) is 2. The maximum Gasteiger partial charge on any atom is 0.524 e. The van der Waals surface area contributed by atoms with Crippen LogP contribution >= 0.6 is 7.82 Å². The fraction of sp³-hybridized carbons (Fsp3) is 0.500. The molecule has 0 bridgehead atoms. The van der Waals surface area contributed by atoms with Gasteiger partial charge in [0.05, 0.1) is 0 Å². The van der Waals surface area contributed by atoms with Crippen molar-refractivity contribution in [3.05, 3.63) is 29.8 Å². The maximum absolute atomic E-state index is 10.6. The van der Waals surface area contributed by atoms with Gasteiger partial charge < -0.3 is 4.52 Å². The van der Waals surface area contributed by atoms with E-state index < -0.39 is 7.82 Å². The number of rotatable bonds is 7. The minimum atomic E-state index is -4.43. The Morgan fingerprint density at radius 1 is 1.11 bits per heavy atom. The minimum Gasteiger partial charge on any atom is -0.404 e. The van der Waals surface area contributed by atoms with Crippen molar-refractivity contribution in [1.82, 2.24) is 0 Å². The molecule has 0 heterocycles. The van der Waals surface area contributed by atoms with E-state index in [-0.39, 0.29) is 41.3 Å². The van der Waals surface area contributed by atoms with Crippen LogP contribution < -0.4 is 4.52 Å².